The molecule has 0 saturated heterocycles. The van der Waals surface area contributed by atoms with Gasteiger partial charge in [0.2, 0.25) is 0 Å². The summed E-state index contributed by atoms with van der Waals surface area (Å²) < 4.78 is 13.9. The molecule has 1 fully saturated rings. The third-order valence-electron chi connectivity index (χ3n) is 6.22. The zero-order chi connectivity index (χ0) is 26.4. The number of pyridine rings is 1. The van der Waals surface area contributed by atoms with E-state index in [1.54, 1.807) is 27.6 Å². The molecule has 0 amide bonds. The fourth-order valence-corrected chi connectivity index (χ4v) is 4.39. The number of aromatic nitrogens is 6. The third-order valence-corrected chi connectivity index (χ3v) is 6.22. The van der Waals surface area contributed by atoms with Gasteiger partial charge in [0.25, 0.3) is 0 Å². The van der Waals surface area contributed by atoms with Gasteiger partial charge in [0.1, 0.15) is 11.2 Å². The molecular weight excluding hydrogens is 472 g/mol. The van der Waals surface area contributed by atoms with Gasteiger partial charge < -0.3 is 9.47 Å². The molecule has 1 aliphatic carbocycles. The lowest BCUT2D eigenvalue weighted by molar-refractivity contribution is 0.00693. The molecular formula is C27H28N6O4. The van der Waals surface area contributed by atoms with Crippen molar-refractivity contribution in [2.24, 2.45) is 7.05 Å². The van der Waals surface area contributed by atoms with Gasteiger partial charge in [-0.15, -0.1) is 5.10 Å². The van der Waals surface area contributed by atoms with Crippen molar-refractivity contribution in [1.82, 2.24) is 29.8 Å². The van der Waals surface area contributed by atoms with Crippen LogP contribution in [0.5, 0.6) is 0 Å². The van der Waals surface area contributed by atoms with Crippen LogP contribution in [-0.4, -0.2) is 54.4 Å². The molecule has 4 aromatic rings. The molecule has 0 N–H and O–H groups in total. The molecule has 10 heteroatoms. The van der Waals surface area contributed by atoms with E-state index in [2.05, 4.69) is 15.4 Å². The number of carbonyl (C=O) groups is 2. The van der Waals surface area contributed by atoms with Gasteiger partial charge in [-0.3, -0.25) is 4.68 Å². The van der Waals surface area contributed by atoms with E-state index < -0.39 is 23.0 Å². The van der Waals surface area contributed by atoms with Crippen LogP contribution >= 0.6 is 0 Å². The largest absolute Gasteiger partial charge is 0.465 e. The van der Waals surface area contributed by atoms with Gasteiger partial charge in [-0.25, -0.2) is 19.3 Å². The predicted molar refractivity (Wildman–Crippen MR) is 134 cm³/mol. The molecule has 1 aromatic carbocycles. The Labute approximate surface area is 214 Å². The van der Waals surface area contributed by atoms with E-state index in [0.717, 1.165) is 24.1 Å². The molecule has 0 unspecified atom stereocenters. The number of ether oxygens (including phenoxy) is 2. The Hall–Kier alpha value is -4.34. The molecule has 0 spiro atoms. The van der Waals surface area contributed by atoms with Gasteiger partial charge in [0.05, 0.1) is 41.4 Å². The minimum Gasteiger partial charge on any atom is -0.465 e. The SMILES string of the molecule is COC(=O)c1cnn(-c2cccc(-c3cccc(C(=O)OC(C)(C)C)c3)n2)c1C1(c2cn(C)nn2)CC1. The molecule has 1 saturated carbocycles. The summed E-state index contributed by atoms with van der Waals surface area (Å²) in [6, 6.07) is 12.7. The zero-order valence-corrected chi connectivity index (χ0v) is 21.4. The van der Waals surface area contributed by atoms with Crippen LogP contribution in [-0.2, 0) is 21.9 Å². The maximum absolute atomic E-state index is 12.7. The van der Waals surface area contributed by atoms with Crippen LogP contribution in [0.2, 0.25) is 0 Å². The number of carbonyl (C=O) groups excluding carboxylic acids is 2. The van der Waals surface area contributed by atoms with Crippen molar-refractivity contribution in [3.05, 3.63) is 77.4 Å². The van der Waals surface area contributed by atoms with Gasteiger partial charge in [0.15, 0.2) is 5.82 Å². The topological polar surface area (TPSA) is 114 Å². The third kappa shape index (κ3) is 4.62. The first kappa shape index (κ1) is 24.4. The van der Waals surface area contributed by atoms with E-state index in [1.807, 2.05) is 58.3 Å². The van der Waals surface area contributed by atoms with Crippen LogP contribution in [0.4, 0.5) is 0 Å². The molecule has 37 heavy (non-hydrogen) atoms. The Bertz CT molecular complexity index is 1490. The average Bonchev–Trinajstić information content (AvgIpc) is 3.33. The molecule has 0 aliphatic heterocycles. The molecule has 0 radical (unpaired) electrons. The summed E-state index contributed by atoms with van der Waals surface area (Å²) in [6.07, 6.45) is 4.95. The van der Waals surface area contributed by atoms with Crippen molar-refractivity contribution in [2.75, 3.05) is 7.11 Å². The average molecular weight is 501 g/mol. The van der Waals surface area contributed by atoms with Crippen molar-refractivity contribution in [3.8, 4) is 17.1 Å². The molecule has 3 heterocycles. The number of aryl methyl sites for hydroxylation is 1. The summed E-state index contributed by atoms with van der Waals surface area (Å²) in [7, 11) is 3.16. The molecule has 0 atom stereocenters. The molecule has 5 rings (SSSR count). The highest BCUT2D eigenvalue weighted by molar-refractivity contribution is 5.92. The Kier molecular flexibility index (Phi) is 5.89. The Morgan fingerprint density at radius 3 is 2.46 bits per heavy atom. The Morgan fingerprint density at radius 2 is 1.81 bits per heavy atom. The first-order chi connectivity index (χ1) is 17.6. The maximum atomic E-state index is 12.7. The van der Waals surface area contributed by atoms with Crippen LogP contribution in [0.15, 0.2) is 54.9 Å². The first-order valence-corrected chi connectivity index (χ1v) is 12.0. The number of hydrogen-bond acceptors (Lipinski definition) is 8. The van der Waals surface area contributed by atoms with Crippen molar-refractivity contribution >= 4 is 11.9 Å². The van der Waals surface area contributed by atoms with E-state index in [9.17, 15) is 9.59 Å². The summed E-state index contributed by atoms with van der Waals surface area (Å²) in [5.74, 6) is -0.347. The fraction of sp³-hybridized carbons (Fsp3) is 0.333. The lowest BCUT2D eigenvalue weighted by Crippen LogP contribution is -2.23. The smallest absolute Gasteiger partial charge is 0.341 e. The Balaban J connectivity index is 1.57. The molecule has 1 aliphatic rings. The quantitative estimate of drug-likeness (QED) is 0.367. The zero-order valence-electron chi connectivity index (χ0n) is 21.4. The maximum Gasteiger partial charge on any atom is 0.341 e. The highest BCUT2D eigenvalue weighted by Crippen LogP contribution is 2.54. The van der Waals surface area contributed by atoms with Gasteiger partial charge in [-0.2, -0.15) is 5.10 Å². The number of rotatable bonds is 6. The van der Waals surface area contributed by atoms with Crippen LogP contribution < -0.4 is 0 Å². The monoisotopic (exact) mass is 500 g/mol. The van der Waals surface area contributed by atoms with Crippen LogP contribution in [0.1, 0.15) is 65.7 Å². The van der Waals surface area contributed by atoms with Crippen molar-refractivity contribution in [1.29, 1.82) is 0 Å². The standard InChI is InChI=1S/C27H28N6O4/c1-26(2,3)37-24(34)18-9-6-8-17(14-18)20-10-7-11-22(29-20)33-23(19(15-28-33)25(35)36-5)27(12-13-27)21-16-32(4)31-30-21/h6-11,14-16H,12-13H2,1-5H3. The highest BCUT2D eigenvalue weighted by atomic mass is 16.6. The number of nitrogens with zero attached hydrogens (tertiary/aromatic N) is 6. The van der Waals surface area contributed by atoms with E-state index in [0.29, 0.717) is 28.3 Å². The molecule has 10 nitrogen and oxygen atoms in total. The van der Waals surface area contributed by atoms with Crippen LogP contribution in [0.3, 0.4) is 0 Å². The second-order valence-corrected chi connectivity index (χ2v) is 10.1. The fourth-order valence-electron chi connectivity index (χ4n) is 4.39. The number of esters is 2. The summed E-state index contributed by atoms with van der Waals surface area (Å²) in [5, 5.41) is 13.0. The number of benzene rings is 1. The molecule has 0 bridgehead atoms. The van der Waals surface area contributed by atoms with Crippen molar-refractivity contribution < 1.29 is 19.1 Å². The van der Waals surface area contributed by atoms with E-state index in [4.69, 9.17) is 14.5 Å². The van der Waals surface area contributed by atoms with Crippen LogP contribution in [0, 0.1) is 0 Å². The number of hydrogen-bond donors (Lipinski definition) is 0. The van der Waals surface area contributed by atoms with Gasteiger partial charge in [0, 0.05) is 18.8 Å². The minimum atomic E-state index is -0.596. The summed E-state index contributed by atoms with van der Waals surface area (Å²) in [4.78, 5) is 30.2. The second kappa shape index (κ2) is 8.95. The van der Waals surface area contributed by atoms with E-state index in [1.165, 1.54) is 13.3 Å². The lowest BCUT2D eigenvalue weighted by Gasteiger charge is -2.19. The summed E-state index contributed by atoms with van der Waals surface area (Å²) in [6.45, 7) is 5.49. The normalized spacial score (nSPS) is 14.3. The minimum absolute atomic E-state index is 0.366. The molecule has 190 valence electrons. The van der Waals surface area contributed by atoms with E-state index >= 15 is 0 Å². The first-order valence-electron chi connectivity index (χ1n) is 12.0. The predicted octanol–water partition coefficient (Wildman–Crippen LogP) is 3.88. The second-order valence-electron chi connectivity index (χ2n) is 10.1. The van der Waals surface area contributed by atoms with Crippen LogP contribution in [0.25, 0.3) is 17.1 Å². The highest BCUT2D eigenvalue weighted by Gasteiger charge is 2.53. The summed E-state index contributed by atoms with van der Waals surface area (Å²) in [5.41, 5.74) is 2.53. The van der Waals surface area contributed by atoms with Gasteiger partial charge >= 0.3 is 11.9 Å². The van der Waals surface area contributed by atoms with Crippen molar-refractivity contribution in [2.45, 2.75) is 44.6 Å². The van der Waals surface area contributed by atoms with Crippen molar-refractivity contribution in [3.63, 3.8) is 0 Å². The molecule has 3 aromatic heterocycles. The Morgan fingerprint density at radius 1 is 1.05 bits per heavy atom. The number of methoxy groups -OCH3 is 1. The van der Waals surface area contributed by atoms with Gasteiger partial charge in [-0.1, -0.05) is 23.4 Å². The van der Waals surface area contributed by atoms with Gasteiger partial charge in [-0.05, 0) is 57.9 Å². The lowest BCUT2D eigenvalue weighted by atomic mass is 9.95. The van der Waals surface area contributed by atoms with E-state index in [-0.39, 0.29) is 0 Å². The summed E-state index contributed by atoms with van der Waals surface area (Å²) >= 11 is 0.